The van der Waals surface area contributed by atoms with Crippen molar-refractivity contribution in [3.05, 3.63) is 30.2 Å². The lowest BCUT2D eigenvalue weighted by atomic mass is 10.1. The topological polar surface area (TPSA) is 109 Å². The molecule has 2 fully saturated rings. The van der Waals surface area contributed by atoms with Crippen molar-refractivity contribution in [3.63, 3.8) is 0 Å². The number of pyridine rings is 2. The van der Waals surface area contributed by atoms with E-state index in [1.165, 1.54) is 0 Å². The molecule has 30 heavy (non-hydrogen) atoms. The maximum absolute atomic E-state index is 11.5. The van der Waals surface area contributed by atoms with Crippen LogP contribution >= 0.6 is 0 Å². The Hall–Kier alpha value is -2.33. The van der Waals surface area contributed by atoms with E-state index in [-0.39, 0.29) is 17.9 Å². The molecule has 2 aliphatic rings. The smallest absolute Gasteiger partial charge is 0.267 e. The van der Waals surface area contributed by atoms with Crippen molar-refractivity contribution in [2.75, 3.05) is 57.6 Å². The third kappa shape index (κ3) is 5.23. The van der Waals surface area contributed by atoms with Gasteiger partial charge >= 0.3 is 0 Å². The Bertz CT molecular complexity index is 850. The molecule has 1 atom stereocenters. The normalized spacial score (nSPS) is 20.5. The van der Waals surface area contributed by atoms with Crippen LogP contribution in [-0.2, 0) is 18.9 Å². The second-order valence-electron chi connectivity index (χ2n) is 7.49. The first-order valence-corrected chi connectivity index (χ1v) is 10.4. The van der Waals surface area contributed by atoms with Crippen molar-refractivity contribution >= 4 is 22.5 Å². The summed E-state index contributed by atoms with van der Waals surface area (Å²) in [5.74, 6) is -0.531. The molecule has 0 spiro atoms. The molecule has 4 heterocycles. The van der Waals surface area contributed by atoms with Crippen molar-refractivity contribution in [1.29, 1.82) is 0 Å². The standard InChI is InChI=1S/C21H28N4O5/c22-21(26)18-2-1-15-11-23-12-19(20(15)24-18)25-5-3-16(4-6-25)29-9-7-27-13-17-14-28-8-10-30-17/h1-2,11-12,16-17H,3-10,13-14H2,(H2,22,26). The minimum absolute atomic E-state index is 0.0278. The summed E-state index contributed by atoms with van der Waals surface area (Å²) in [7, 11) is 0. The average Bonchev–Trinajstić information content (AvgIpc) is 2.79. The Labute approximate surface area is 175 Å². The molecule has 1 amide bonds. The summed E-state index contributed by atoms with van der Waals surface area (Å²) in [6.45, 7) is 5.22. The molecule has 9 nitrogen and oxygen atoms in total. The molecule has 4 rings (SSSR count). The highest BCUT2D eigenvalue weighted by atomic mass is 16.6. The number of nitrogens with zero attached hydrogens (tertiary/aromatic N) is 3. The summed E-state index contributed by atoms with van der Waals surface area (Å²) in [5.41, 5.74) is 7.33. The average molecular weight is 416 g/mol. The van der Waals surface area contributed by atoms with Gasteiger partial charge in [0.1, 0.15) is 11.8 Å². The maximum atomic E-state index is 11.5. The Morgan fingerprint density at radius 1 is 1.20 bits per heavy atom. The number of aromatic nitrogens is 2. The number of primary amides is 1. The number of fused-ring (bicyclic) bond motifs is 1. The number of hydrogen-bond acceptors (Lipinski definition) is 8. The van der Waals surface area contributed by atoms with E-state index in [2.05, 4.69) is 14.9 Å². The highest BCUT2D eigenvalue weighted by molar-refractivity contribution is 5.96. The molecule has 0 bridgehead atoms. The lowest BCUT2D eigenvalue weighted by molar-refractivity contribution is -0.119. The fourth-order valence-electron chi connectivity index (χ4n) is 3.78. The number of amides is 1. The van der Waals surface area contributed by atoms with Crippen LogP contribution in [0.2, 0.25) is 0 Å². The molecule has 0 aliphatic carbocycles. The minimum Gasteiger partial charge on any atom is -0.376 e. The lowest BCUT2D eigenvalue weighted by Crippen LogP contribution is -2.38. The third-order valence-corrected chi connectivity index (χ3v) is 5.38. The van der Waals surface area contributed by atoms with E-state index in [0.717, 1.165) is 42.5 Å². The molecule has 2 aromatic heterocycles. The predicted octanol–water partition coefficient (Wildman–Crippen LogP) is 1.15. The van der Waals surface area contributed by atoms with Gasteiger partial charge in [0.25, 0.3) is 5.91 Å². The Morgan fingerprint density at radius 2 is 2.07 bits per heavy atom. The van der Waals surface area contributed by atoms with Gasteiger partial charge in [0, 0.05) is 24.7 Å². The first kappa shape index (κ1) is 20.9. The highest BCUT2D eigenvalue weighted by Gasteiger charge is 2.22. The van der Waals surface area contributed by atoms with Gasteiger partial charge in [0.15, 0.2) is 0 Å². The van der Waals surface area contributed by atoms with E-state index in [1.54, 1.807) is 18.5 Å². The molecule has 162 valence electrons. The molecular formula is C21H28N4O5. The monoisotopic (exact) mass is 416 g/mol. The third-order valence-electron chi connectivity index (χ3n) is 5.38. The number of carbonyl (C=O) groups excluding carboxylic acids is 1. The van der Waals surface area contributed by atoms with E-state index in [1.807, 2.05) is 6.07 Å². The quantitative estimate of drug-likeness (QED) is 0.638. The van der Waals surface area contributed by atoms with E-state index < -0.39 is 5.91 Å². The highest BCUT2D eigenvalue weighted by Crippen LogP contribution is 2.27. The Balaban J connectivity index is 1.24. The largest absolute Gasteiger partial charge is 0.376 e. The van der Waals surface area contributed by atoms with Crippen molar-refractivity contribution < 1.29 is 23.7 Å². The summed E-state index contributed by atoms with van der Waals surface area (Å²) < 4.78 is 22.5. The number of anilines is 1. The van der Waals surface area contributed by atoms with Crippen LogP contribution < -0.4 is 10.6 Å². The number of hydrogen-bond donors (Lipinski definition) is 1. The molecule has 1 unspecified atom stereocenters. The fraction of sp³-hybridized carbons (Fsp3) is 0.571. The van der Waals surface area contributed by atoms with Gasteiger partial charge in [0.2, 0.25) is 0 Å². The second-order valence-corrected chi connectivity index (χ2v) is 7.49. The number of piperidine rings is 1. The molecule has 2 aliphatic heterocycles. The van der Waals surface area contributed by atoms with Crippen LogP contribution in [0.4, 0.5) is 5.69 Å². The number of nitrogens with two attached hydrogens (primary N) is 1. The van der Waals surface area contributed by atoms with Gasteiger partial charge in [-0.3, -0.25) is 9.78 Å². The molecule has 0 aromatic carbocycles. The van der Waals surface area contributed by atoms with Crippen molar-refractivity contribution in [2.24, 2.45) is 5.73 Å². The van der Waals surface area contributed by atoms with Crippen LogP contribution in [0.3, 0.4) is 0 Å². The summed E-state index contributed by atoms with van der Waals surface area (Å²) >= 11 is 0. The van der Waals surface area contributed by atoms with E-state index in [0.29, 0.717) is 39.6 Å². The maximum Gasteiger partial charge on any atom is 0.267 e. The van der Waals surface area contributed by atoms with Crippen LogP contribution in [0.5, 0.6) is 0 Å². The summed E-state index contributed by atoms with van der Waals surface area (Å²) in [5, 5.41) is 0.889. The van der Waals surface area contributed by atoms with Crippen LogP contribution in [0.15, 0.2) is 24.5 Å². The molecule has 9 heteroatoms. The summed E-state index contributed by atoms with van der Waals surface area (Å²) in [4.78, 5) is 22.5. The number of carbonyl (C=O) groups is 1. The van der Waals surface area contributed by atoms with E-state index in [4.69, 9.17) is 24.7 Å². The van der Waals surface area contributed by atoms with Gasteiger partial charge < -0.3 is 29.6 Å². The first-order chi connectivity index (χ1) is 14.7. The van der Waals surface area contributed by atoms with E-state index >= 15 is 0 Å². The Kier molecular flexibility index (Phi) is 7.06. The number of ether oxygens (including phenoxy) is 4. The van der Waals surface area contributed by atoms with Crippen molar-refractivity contribution in [1.82, 2.24) is 9.97 Å². The molecule has 0 saturated carbocycles. The second kappa shape index (κ2) is 10.1. The zero-order valence-corrected chi connectivity index (χ0v) is 17.0. The fourth-order valence-corrected chi connectivity index (χ4v) is 3.78. The van der Waals surface area contributed by atoms with Crippen LogP contribution in [-0.4, -0.2) is 80.8 Å². The van der Waals surface area contributed by atoms with Crippen LogP contribution in [0, 0.1) is 0 Å². The summed E-state index contributed by atoms with van der Waals surface area (Å²) in [6.07, 6.45) is 5.59. The van der Waals surface area contributed by atoms with Gasteiger partial charge in [-0.1, -0.05) is 0 Å². The van der Waals surface area contributed by atoms with Crippen LogP contribution in [0.25, 0.3) is 10.9 Å². The molecule has 2 N–H and O–H groups in total. The first-order valence-electron chi connectivity index (χ1n) is 10.4. The molecular weight excluding hydrogens is 388 g/mol. The zero-order valence-electron chi connectivity index (χ0n) is 17.0. The molecule has 0 radical (unpaired) electrons. The van der Waals surface area contributed by atoms with Gasteiger partial charge in [-0.25, -0.2) is 4.98 Å². The van der Waals surface area contributed by atoms with Gasteiger partial charge in [0.05, 0.1) is 63.1 Å². The lowest BCUT2D eigenvalue weighted by Gasteiger charge is -2.33. The number of rotatable bonds is 8. The van der Waals surface area contributed by atoms with Gasteiger partial charge in [-0.2, -0.15) is 0 Å². The molecule has 2 saturated heterocycles. The van der Waals surface area contributed by atoms with Gasteiger partial charge in [-0.05, 0) is 25.0 Å². The predicted molar refractivity (Wildman–Crippen MR) is 111 cm³/mol. The SMILES string of the molecule is NC(=O)c1ccc2cncc(N3CCC(OCCOCC4COCCO4)CC3)c2n1. The van der Waals surface area contributed by atoms with Gasteiger partial charge in [-0.15, -0.1) is 0 Å². The van der Waals surface area contributed by atoms with Crippen molar-refractivity contribution in [3.8, 4) is 0 Å². The van der Waals surface area contributed by atoms with E-state index in [9.17, 15) is 4.79 Å². The molecule has 2 aromatic rings. The minimum atomic E-state index is -0.531. The van der Waals surface area contributed by atoms with Crippen LogP contribution in [0.1, 0.15) is 23.3 Å². The zero-order chi connectivity index (χ0) is 20.8. The summed E-state index contributed by atoms with van der Waals surface area (Å²) in [6, 6.07) is 3.46. The van der Waals surface area contributed by atoms with Crippen molar-refractivity contribution in [2.45, 2.75) is 25.0 Å². The Morgan fingerprint density at radius 3 is 2.83 bits per heavy atom.